The van der Waals surface area contributed by atoms with Gasteiger partial charge in [-0.25, -0.2) is 9.18 Å². The van der Waals surface area contributed by atoms with E-state index in [4.69, 9.17) is 10.4 Å². The number of nitrogens with zero attached hydrogens (tertiary/aromatic N) is 2. The summed E-state index contributed by atoms with van der Waals surface area (Å²) in [5, 5.41) is 17.9. The standard InChI is InChI=1S/C15H11FN2O2/c1-18(11-7-5-10(9-17)6-8-11)14-12(15(19)20)3-2-4-13(14)16/h2-8H,1H3,(H,19,20). The maximum absolute atomic E-state index is 13.9. The van der Waals surface area contributed by atoms with E-state index < -0.39 is 11.8 Å². The predicted molar refractivity (Wildman–Crippen MR) is 72.6 cm³/mol. The largest absolute Gasteiger partial charge is 0.478 e. The zero-order chi connectivity index (χ0) is 14.7. The van der Waals surface area contributed by atoms with Gasteiger partial charge in [0, 0.05) is 12.7 Å². The Bertz CT molecular complexity index is 690. The van der Waals surface area contributed by atoms with E-state index in [1.807, 2.05) is 6.07 Å². The first-order valence-electron chi connectivity index (χ1n) is 5.80. The summed E-state index contributed by atoms with van der Waals surface area (Å²) in [6, 6.07) is 12.4. The van der Waals surface area contributed by atoms with E-state index in [9.17, 15) is 9.18 Å². The second-order valence-corrected chi connectivity index (χ2v) is 4.16. The van der Waals surface area contributed by atoms with E-state index in [1.54, 1.807) is 31.3 Å². The molecular formula is C15H11FN2O2. The fourth-order valence-corrected chi connectivity index (χ4v) is 1.92. The van der Waals surface area contributed by atoms with Crippen molar-refractivity contribution in [2.45, 2.75) is 0 Å². The smallest absolute Gasteiger partial charge is 0.337 e. The summed E-state index contributed by atoms with van der Waals surface area (Å²) >= 11 is 0. The zero-order valence-corrected chi connectivity index (χ0v) is 10.7. The Hall–Kier alpha value is -2.87. The topological polar surface area (TPSA) is 64.3 Å². The van der Waals surface area contributed by atoms with Crippen molar-refractivity contribution in [3.8, 4) is 6.07 Å². The molecular weight excluding hydrogens is 259 g/mol. The summed E-state index contributed by atoms with van der Waals surface area (Å²) in [7, 11) is 1.58. The molecule has 0 bridgehead atoms. The maximum atomic E-state index is 13.9. The lowest BCUT2D eigenvalue weighted by Gasteiger charge is -2.22. The van der Waals surface area contributed by atoms with Crippen LogP contribution in [0.4, 0.5) is 15.8 Å². The molecule has 2 aromatic rings. The average molecular weight is 270 g/mol. The highest BCUT2D eigenvalue weighted by Crippen LogP contribution is 2.30. The summed E-state index contributed by atoms with van der Waals surface area (Å²) in [6.07, 6.45) is 0. The van der Waals surface area contributed by atoms with Crippen molar-refractivity contribution in [2.24, 2.45) is 0 Å². The van der Waals surface area contributed by atoms with Crippen LogP contribution in [0.25, 0.3) is 0 Å². The van der Waals surface area contributed by atoms with Gasteiger partial charge in [0.05, 0.1) is 22.9 Å². The minimum absolute atomic E-state index is 0.00953. The van der Waals surface area contributed by atoms with Gasteiger partial charge in [-0.05, 0) is 36.4 Å². The molecule has 0 saturated heterocycles. The molecule has 5 heteroatoms. The van der Waals surface area contributed by atoms with Gasteiger partial charge >= 0.3 is 5.97 Å². The Balaban J connectivity index is 2.50. The number of hydrogen-bond acceptors (Lipinski definition) is 3. The SMILES string of the molecule is CN(c1ccc(C#N)cc1)c1c(F)cccc1C(=O)O. The van der Waals surface area contributed by atoms with Gasteiger partial charge in [0.1, 0.15) is 5.82 Å². The van der Waals surface area contributed by atoms with Crippen LogP contribution < -0.4 is 4.90 Å². The van der Waals surface area contributed by atoms with Crippen molar-refractivity contribution in [1.82, 2.24) is 0 Å². The van der Waals surface area contributed by atoms with Crippen LogP contribution in [-0.2, 0) is 0 Å². The molecule has 0 spiro atoms. The van der Waals surface area contributed by atoms with Gasteiger partial charge in [0.2, 0.25) is 0 Å². The van der Waals surface area contributed by atoms with Gasteiger partial charge in [-0.2, -0.15) is 5.26 Å². The van der Waals surface area contributed by atoms with Crippen molar-refractivity contribution >= 4 is 17.3 Å². The fourth-order valence-electron chi connectivity index (χ4n) is 1.92. The van der Waals surface area contributed by atoms with Crippen LogP contribution in [-0.4, -0.2) is 18.1 Å². The second-order valence-electron chi connectivity index (χ2n) is 4.16. The lowest BCUT2D eigenvalue weighted by molar-refractivity contribution is 0.0697. The number of halogens is 1. The third kappa shape index (κ3) is 2.45. The Morgan fingerprint density at radius 1 is 1.25 bits per heavy atom. The minimum atomic E-state index is -1.19. The molecule has 4 nitrogen and oxygen atoms in total. The van der Waals surface area contributed by atoms with E-state index in [1.165, 1.54) is 23.1 Å². The number of carboxylic acids is 1. The van der Waals surface area contributed by atoms with Crippen molar-refractivity contribution in [2.75, 3.05) is 11.9 Å². The van der Waals surface area contributed by atoms with Crippen LogP contribution >= 0.6 is 0 Å². The van der Waals surface area contributed by atoms with Crippen LogP contribution in [0.15, 0.2) is 42.5 Å². The number of para-hydroxylation sites is 1. The third-order valence-electron chi connectivity index (χ3n) is 2.94. The van der Waals surface area contributed by atoms with Crippen LogP contribution in [0.1, 0.15) is 15.9 Å². The Labute approximate surface area is 115 Å². The van der Waals surface area contributed by atoms with Gasteiger partial charge in [-0.15, -0.1) is 0 Å². The molecule has 0 saturated carbocycles. The van der Waals surface area contributed by atoms with Gasteiger partial charge in [-0.3, -0.25) is 0 Å². The number of anilines is 2. The van der Waals surface area contributed by atoms with Crippen LogP contribution in [0, 0.1) is 17.1 Å². The molecule has 2 rings (SSSR count). The van der Waals surface area contributed by atoms with Gasteiger partial charge in [0.15, 0.2) is 0 Å². The molecule has 0 aliphatic heterocycles. The molecule has 0 aliphatic rings. The van der Waals surface area contributed by atoms with Gasteiger partial charge in [0.25, 0.3) is 0 Å². The Kier molecular flexibility index (Phi) is 3.67. The minimum Gasteiger partial charge on any atom is -0.478 e. The number of rotatable bonds is 3. The fraction of sp³-hybridized carbons (Fsp3) is 0.0667. The van der Waals surface area contributed by atoms with E-state index in [2.05, 4.69) is 0 Å². The van der Waals surface area contributed by atoms with Crippen molar-refractivity contribution in [3.05, 3.63) is 59.4 Å². The normalized spacial score (nSPS) is 9.85. The van der Waals surface area contributed by atoms with E-state index >= 15 is 0 Å². The molecule has 2 aromatic carbocycles. The van der Waals surface area contributed by atoms with E-state index in [-0.39, 0.29) is 11.3 Å². The lowest BCUT2D eigenvalue weighted by atomic mass is 10.1. The molecule has 0 unspecified atom stereocenters. The molecule has 1 N–H and O–H groups in total. The molecule has 0 atom stereocenters. The summed E-state index contributed by atoms with van der Waals surface area (Å²) in [5.74, 6) is -1.81. The summed E-state index contributed by atoms with van der Waals surface area (Å²) in [6.45, 7) is 0. The van der Waals surface area contributed by atoms with E-state index in [0.29, 0.717) is 11.3 Å². The van der Waals surface area contributed by atoms with Crippen molar-refractivity contribution < 1.29 is 14.3 Å². The monoisotopic (exact) mass is 270 g/mol. The predicted octanol–water partition coefficient (Wildman–Crippen LogP) is 3.16. The van der Waals surface area contributed by atoms with Crippen LogP contribution in [0.2, 0.25) is 0 Å². The first-order chi connectivity index (χ1) is 9.54. The van der Waals surface area contributed by atoms with Gasteiger partial charge < -0.3 is 10.0 Å². The third-order valence-corrected chi connectivity index (χ3v) is 2.94. The summed E-state index contributed by atoms with van der Waals surface area (Å²) in [4.78, 5) is 12.6. The molecule has 100 valence electrons. The number of hydrogen-bond donors (Lipinski definition) is 1. The highest BCUT2D eigenvalue weighted by molar-refractivity contribution is 5.95. The molecule has 0 radical (unpaired) electrons. The first kappa shape index (κ1) is 13.6. The maximum Gasteiger partial charge on any atom is 0.337 e. The number of nitriles is 1. The van der Waals surface area contributed by atoms with Crippen LogP contribution in [0.3, 0.4) is 0 Å². The van der Waals surface area contributed by atoms with Crippen molar-refractivity contribution in [3.63, 3.8) is 0 Å². The van der Waals surface area contributed by atoms with E-state index in [0.717, 1.165) is 0 Å². The summed E-state index contributed by atoms with van der Waals surface area (Å²) in [5.41, 5.74) is 0.951. The number of carboxylic acid groups (broad SMARTS) is 1. The van der Waals surface area contributed by atoms with Crippen LogP contribution in [0.5, 0.6) is 0 Å². The van der Waals surface area contributed by atoms with Crippen molar-refractivity contribution in [1.29, 1.82) is 5.26 Å². The quantitative estimate of drug-likeness (QED) is 0.930. The molecule has 0 aliphatic carbocycles. The highest BCUT2D eigenvalue weighted by atomic mass is 19.1. The lowest BCUT2D eigenvalue weighted by Crippen LogP contribution is -2.15. The Morgan fingerprint density at radius 3 is 2.45 bits per heavy atom. The summed E-state index contributed by atoms with van der Waals surface area (Å²) < 4.78 is 13.9. The average Bonchev–Trinajstić information content (AvgIpc) is 2.46. The second kappa shape index (κ2) is 5.41. The molecule has 0 fully saturated rings. The number of carbonyl (C=O) groups is 1. The molecule has 0 amide bonds. The first-order valence-corrected chi connectivity index (χ1v) is 5.80. The molecule has 0 aromatic heterocycles. The zero-order valence-electron chi connectivity index (χ0n) is 10.7. The highest BCUT2D eigenvalue weighted by Gasteiger charge is 2.18. The van der Waals surface area contributed by atoms with Gasteiger partial charge in [-0.1, -0.05) is 6.07 Å². The Morgan fingerprint density at radius 2 is 1.90 bits per heavy atom. The number of aromatic carboxylic acids is 1. The molecule has 0 heterocycles. The molecule has 20 heavy (non-hydrogen) atoms. The number of benzene rings is 2.